The van der Waals surface area contributed by atoms with Gasteiger partial charge in [0, 0.05) is 23.4 Å². The van der Waals surface area contributed by atoms with Crippen LogP contribution in [-0.4, -0.2) is 17.0 Å². The van der Waals surface area contributed by atoms with E-state index in [1.807, 2.05) is 32.0 Å². The molecular weight excluding hydrogens is 332 g/mol. The summed E-state index contributed by atoms with van der Waals surface area (Å²) in [5, 5.41) is 2.88. The fourth-order valence-corrected chi connectivity index (χ4v) is 2.18. The van der Waals surface area contributed by atoms with E-state index in [9.17, 15) is 4.79 Å². The molecular formula is C16H17BrN2O2. The fourth-order valence-electron chi connectivity index (χ4n) is 1.82. The average Bonchev–Trinajstić information content (AvgIpc) is 2.47. The second-order valence-corrected chi connectivity index (χ2v) is 5.77. The fraction of sp³-hybridized carbons (Fsp3) is 0.250. The molecule has 0 atom stereocenters. The van der Waals surface area contributed by atoms with Gasteiger partial charge in [0.15, 0.2) is 0 Å². The van der Waals surface area contributed by atoms with Gasteiger partial charge in [0.2, 0.25) is 0 Å². The molecule has 0 saturated heterocycles. The molecule has 0 aliphatic rings. The molecule has 0 aliphatic heterocycles. The van der Waals surface area contributed by atoms with Crippen molar-refractivity contribution in [2.75, 3.05) is 0 Å². The molecule has 0 aliphatic carbocycles. The normalized spacial score (nSPS) is 10.5. The number of rotatable bonds is 5. The summed E-state index contributed by atoms with van der Waals surface area (Å²) in [5.74, 6) is 0.410. The lowest BCUT2D eigenvalue weighted by Gasteiger charge is -2.14. The molecule has 0 saturated carbocycles. The zero-order valence-corrected chi connectivity index (χ0v) is 13.6. The van der Waals surface area contributed by atoms with E-state index in [2.05, 4.69) is 26.2 Å². The predicted molar refractivity (Wildman–Crippen MR) is 85.3 cm³/mol. The van der Waals surface area contributed by atoms with Gasteiger partial charge in [-0.2, -0.15) is 0 Å². The highest BCUT2D eigenvalue weighted by Crippen LogP contribution is 2.24. The minimum absolute atomic E-state index is 0.0102. The first-order valence-corrected chi connectivity index (χ1v) is 7.49. The molecule has 0 bridgehead atoms. The summed E-state index contributed by atoms with van der Waals surface area (Å²) in [6.45, 7) is 4.29. The maximum Gasteiger partial charge on any atom is 0.255 e. The number of carbonyl (C=O) groups excluding carboxylic acids is 1. The maximum absolute atomic E-state index is 12.3. The van der Waals surface area contributed by atoms with E-state index >= 15 is 0 Å². The second-order valence-electron chi connectivity index (χ2n) is 4.85. The number of hydrogen-bond acceptors (Lipinski definition) is 3. The molecule has 0 radical (unpaired) electrons. The third kappa shape index (κ3) is 4.56. The number of carbonyl (C=O) groups is 1. The van der Waals surface area contributed by atoms with Gasteiger partial charge in [0.05, 0.1) is 11.7 Å². The Balaban J connectivity index is 2.12. The number of amides is 1. The molecule has 1 N–H and O–H groups in total. The van der Waals surface area contributed by atoms with E-state index < -0.39 is 0 Å². The first-order chi connectivity index (χ1) is 10.1. The summed E-state index contributed by atoms with van der Waals surface area (Å²) < 4.78 is 6.52. The van der Waals surface area contributed by atoms with E-state index in [0.29, 0.717) is 17.9 Å². The smallest absolute Gasteiger partial charge is 0.255 e. The van der Waals surface area contributed by atoms with Gasteiger partial charge in [0.1, 0.15) is 5.75 Å². The number of pyridine rings is 1. The molecule has 0 spiro atoms. The van der Waals surface area contributed by atoms with Gasteiger partial charge in [-0.25, -0.2) is 0 Å². The van der Waals surface area contributed by atoms with E-state index in [-0.39, 0.29) is 12.0 Å². The third-order valence-electron chi connectivity index (χ3n) is 2.72. The highest BCUT2D eigenvalue weighted by Gasteiger charge is 2.14. The second kappa shape index (κ2) is 7.22. The van der Waals surface area contributed by atoms with Crippen molar-refractivity contribution in [1.82, 2.24) is 10.3 Å². The van der Waals surface area contributed by atoms with Crippen LogP contribution in [0, 0.1) is 0 Å². The van der Waals surface area contributed by atoms with Gasteiger partial charge in [0.25, 0.3) is 5.91 Å². The summed E-state index contributed by atoms with van der Waals surface area (Å²) in [6, 6.07) is 9.17. The molecule has 2 aromatic rings. The van der Waals surface area contributed by atoms with Crippen molar-refractivity contribution < 1.29 is 9.53 Å². The monoisotopic (exact) mass is 348 g/mol. The summed E-state index contributed by atoms with van der Waals surface area (Å²) in [7, 11) is 0. The molecule has 1 amide bonds. The zero-order valence-electron chi connectivity index (χ0n) is 12.0. The molecule has 4 nitrogen and oxygen atoms in total. The van der Waals surface area contributed by atoms with E-state index in [1.54, 1.807) is 24.5 Å². The van der Waals surface area contributed by atoms with Gasteiger partial charge >= 0.3 is 0 Å². The molecule has 1 aromatic carbocycles. The van der Waals surface area contributed by atoms with Crippen molar-refractivity contribution >= 4 is 21.8 Å². The lowest BCUT2D eigenvalue weighted by Crippen LogP contribution is -2.24. The summed E-state index contributed by atoms with van der Waals surface area (Å²) in [4.78, 5) is 16.4. The zero-order chi connectivity index (χ0) is 15.2. The Hall–Kier alpha value is -1.88. The minimum atomic E-state index is -0.171. The van der Waals surface area contributed by atoms with Gasteiger partial charge in [-0.3, -0.25) is 9.78 Å². The maximum atomic E-state index is 12.3. The molecule has 1 aromatic heterocycles. The van der Waals surface area contributed by atoms with Crippen LogP contribution in [0.5, 0.6) is 5.75 Å². The van der Waals surface area contributed by atoms with Crippen LogP contribution >= 0.6 is 15.9 Å². The molecule has 110 valence electrons. The summed E-state index contributed by atoms with van der Waals surface area (Å²) >= 11 is 3.38. The molecule has 21 heavy (non-hydrogen) atoms. The van der Waals surface area contributed by atoms with Crippen LogP contribution in [0.2, 0.25) is 0 Å². The van der Waals surface area contributed by atoms with Crippen LogP contribution in [0.15, 0.2) is 47.2 Å². The summed E-state index contributed by atoms with van der Waals surface area (Å²) in [5.41, 5.74) is 1.47. The highest BCUT2D eigenvalue weighted by molar-refractivity contribution is 9.10. The standard InChI is InChI=1S/C16H17BrN2O2/c1-11(2)21-15-6-5-13(17)8-14(15)16(20)19-10-12-4-3-7-18-9-12/h3-9,11H,10H2,1-2H3,(H,19,20). The number of aromatic nitrogens is 1. The van der Waals surface area contributed by atoms with Crippen molar-refractivity contribution in [2.45, 2.75) is 26.5 Å². The molecule has 2 rings (SSSR count). The van der Waals surface area contributed by atoms with Gasteiger partial charge < -0.3 is 10.1 Å². The Bertz CT molecular complexity index is 615. The van der Waals surface area contributed by atoms with Gasteiger partial charge in [-0.05, 0) is 43.7 Å². The number of hydrogen-bond donors (Lipinski definition) is 1. The first kappa shape index (κ1) is 15.5. The number of halogens is 1. The SMILES string of the molecule is CC(C)Oc1ccc(Br)cc1C(=O)NCc1cccnc1. The molecule has 1 heterocycles. The number of nitrogens with zero attached hydrogens (tertiary/aromatic N) is 1. The van der Waals surface area contributed by atoms with Crippen LogP contribution in [0.1, 0.15) is 29.8 Å². The highest BCUT2D eigenvalue weighted by atomic mass is 79.9. The Kier molecular flexibility index (Phi) is 5.33. The van der Waals surface area contributed by atoms with Crippen molar-refractivity contribution in [3.63, 3.8) is 0 Å². The van der Waals surface area contributed by atoms with Crippen LogP contribution in [-0.2, 0) is 6.54 Å². The Labute approximate surface area is 132 Å². The number of benzene rings is 1. The van der Waals surface area contributed by atoms with Crippen molar-refractivity contribution in [3.8, 4) is 5.75 Å². The predicted octanol–water partition coefficient (Wildman–Crippen LogP) is 3.56. The van der Waals surface area contributed by atoms with E-state index in [1.165, 1.54) is 0 Å². The first-order valence-electron chi connectivity index (χ1n) is 6.69. The number of nitrogens with one attached hydrogen (secondary N) is 1. The van der Waals surface area contributed by atoms with Crippen LogP contribution in [0.4, 0.5) is 0 Å². The van der Waals surface area contributed by atoms with Crippen LogP contribution < -0.4 is 10.1 Å². The van der Waals surface area contributed by atoms with Crippen LogP contribution in [0.3, 0.4) is 0 Å². The average molecular weight is 349 g/mol. The quantitative estimate of drug-likeness (QED) is 0.898. The van der Waals surface area contributed by atoms with E-state index in [0.717, 1.165) is 10.0 Å². The van der Waals surface area contributed by atoms with Crippen LogP contribution in [0.25, 0.3) is 0 Å². The Morgan fingerprint density at radius 3 is 2.86 bits per heavy atom. The third-order valence-corrected chi connectivity index (χ3v) is 3.22. The topological polar surface area (TPSA) is 51.2 Å². The van der Waals surface area contributed by atoms with E-state index in [4.69, 9.17) is 4.74 Å². The Morgan fingerprint density at radius 1 is 1.38 bits per heavy atom. The minimum Gasteiger partial charge on any atom is -0.490 e. The lowest BCUT2D eigenvalue weighted by atomic mass is 10.1. The van der Waals surface area contributed by atoms with Crippen molar-refractivity contribution in [1.29, 1.82) is 0 Å². The number of ether oxygens (including phenoxy) is 1. The van der Waals surface area contributed by atoms with Gasteiger partial charge in [-0.15, -0.1) is 0 Å². The molecule has 0 fully saturated rings. The van der Waals surface area contributed by atoms with Gasteiger partial charge in [-0.1, -0.05) is 22.0 Å². The Morgan fingerprint density at radius 2 is 2.19 bits per heavy atom. The van der Waals surface area contributed by atoms with Crippen molar-refractivity contribution in [3.05, 3.63) is 58.3 Å². The summed E-state index contributed by atoms with van der Waals surface area (Å²) in [6.07, 6.45) is 3.44. The van der Waals surface area contributed by atoms with Crippen molar-refractivity contribution in [2.24, 2.45) is 0 Å². The largest absolute Gasteiger partial charge is 0.490 e. The molecule has 0 unspecified atom stereocenters. The molecule has 5 heteroatoms. The lowest BCUT2D eigenvalue weighted by molar-refractivity contribution is 0.0945.